The van der Waals surface area contributed by atoms with Gasteiger partial charge in [-0.3, -0.25) is 4.79 Å². The van der Waals surface area contributed by atoms with Gasteiger partial charge in [0, 0.05) is 29.2 Å². The number of amides is 1. The number of ether oxygens (including phenoxy) is 1. The first kappa shape index (κ1) is 16.8. The van der Waals surface area contributed by atoms with Crippen LogP contribution < -0.4 is 10.1 Å². The average molecular weight is 362 g/mol. The monoisotopic (exact) mass is 362 g/mol. The SMILES string of the molecule is COc1ccccc1CNC(=O)Cn1cc(-c2nnco2)c2ccccc21. The van der Waals surface area contributed by atoms with Crippen molar-refractivity contribution in [3.05, 3.63) is 66.7 Å². The molecule has 0 saturated carbocycles. The molecule has 0 radical (unpaired) electrons. The summed E-state index contributed by atoms with van der Waals surface area (Å²) in [6.45, 7) is 0.586. The Bertz CT molecular complexity index is 1070. The minimum atomic E-state index is -0.0984. The molecule has 136 valence electrons. The van der Waals surface area contributed by atoms with Crippen molar-refractivity contribution in [2.45, 2.75) is 13.1 Å². The maximum absolute atomic E-state index is 12.5. The normalized spacial score (nSPS) is 10.9. The van der Waals surface area contributed by atoms with Gasteiger partial charge in [0.1, 0.15) is 12.3 Å². The van der Waals surface area contributed by atoms with Crippen LogP contribution in [0.15, 0.2) is 65.5 Å². The number of aromatic nitrogens is 3. The van der Waals surface area contributed by atoms with E-state index in [2.05, 4.69) is 15.5 Å². The van der Waals surface area contributed by atoms with Crippen molar-refractivity contribution in [2.75, 3.05) is 7.11 Å². The first-order chi connectivity index (χ1) is 13.3. The van der Waals surface area contributed by atoms with E-state index in [1.807, 2.05) is 59.3 Å². The van der Waals surface area contributed by atoms with E-state index >= 15 is 0 Å². The third-order valence-corrected chi connectivity index (χ3v) is 4.36. The van der Waals surface area contributed by atoms with E-state index in [-0.39, 0.29) is 12.5 Å². The molecule has 0 bridgehead atoms. The maximum atomic E-state index is 12.5. The van der Waals surface area contributed by atoms with Crippen LogP contribution in [0.25, 0.3) is 22.4 Å². The van der Waals surface area contributed by atoms with E-state index in [0.29, 0.717) is 12.4 Å². The summed E-state index contributed by atoms with van der Waals surface area (Å²) in [5.74, 6) is 1.08. The van der Waals surface area contributed by atoms with Gasteiger partial charge in [-0.2, -0.15) is 0 Å². The Balaban J connectivity index is 1.54. The fourth-order valence-corrected chi connectivity index (χ4v) is 3.09. The fraction of sp³-hybridized carbons (Fsp3) is 0.150. The molecule has 4 aromatic rings. The van der Waals surface area contributed by atoms with Crippen molar-refractivity contribution in [2.24, 2.45) is 0 Å². The number of rotatable bonds is 6. The van der Waals surface area contributed by atoms with Gasteiger partial charge in [0.05, 0.1) is 12.7 Å². The van der Waals surface area contributed by atoms with Crippen molar-refractivity contribution < 1.29 is 13.9 Å². The highest BCUT2D eigenvalue weighted by molar-refractivity contribution is 5.94. The Morgan fingerprint density at radius 3 is 2.81 bits per heavy atom. The number of methoxy groups -OCH3 is 1. The zero-order valence-corrected chi connectivity index (χ0v) is 14.8. The molecule has 4 rings (SSSR count). The number of benzene rings is 2. The molecule has 0 aliphatic heterocycles. The van der Waals surface area contributed by atoms with Crippen LogP contribution in [0.3, 0.4) is 0 Å². The molecule has 0 unspecified atom stereocenters. The molecule has 2 aromatic carbocycles. The van der Waals surface area contributed by atoms with Gasteiger partial charge >= 0.3 is 0 Å². The van der Waals surface area contributed by atoms with Crippen molar-refractivity contribution in [3.63, 3.8) is 0 Å². The molecule has 7 heteroatoms. The van der Waals surface area contributed by atoms with Gasteiger partial charge in [0.2, 0.25) is 18.2 Å². The summed E-state index contributed by atoms with van der Waals surface area (Å²) in [5.41, 5.74) is 2.66. The van der Waals surface area contributed by atoms with Gasteiger partial charge < -0.3 is 19.0 Å². The lowest BCUT2D eigenvalue weighted by molar-refractivity contribution is -0.121. The number of nitrogens with zero attached hydrogens (tertiary/aromatic N) is 3. The van der Waals surface area contributed by atoms with Crippen LogP contribution in [0.1, 0.15) is 5.56 Å². The van der Waals surface area contributed by atoms with Crippen LogP contribution in [0, 0.1) is 0 Å². The van der Waals surface area contributed by atoms with Crippen LogP contribution in [-0.4, -0.2) is 27.8 Å². The number of carbonyl (C=O) groups excluding carboxylic acids is 1. The van der Waals surface area contributed by atoms with E-state index in [1.165, 1.54) is 6.39 Å². The predicted octanol–water partition coefficient (Wildman–Crippen LogP) is 3.02. The van der Waals surface area contributed by atoms with Crippen LogP contribution in [-0.2, 0) is 17.9 Å². The standard InChI is InChI=1S/C20H18N4O3/c1-26-18-9-5-2-6-14(18)10-21-19(25)12-24-11-16(20-23-22-13-27-20)15-7-3-4-8-17(15)24/h2-9,11,13H,10,12H2,1H3,(H,21,25). The van der Waals surface area contributed by atoms with Crippen LogP contribution in [0.2, 0.25) is 0 Å². The lowest BCUT2D eigenvalue weighted by Gasteiger charge is -2.10. The summed E-state index contributed by atoms with van der Waals surface area (Å²) in [6.07, 6.45) is 3.16. The summed E-state index contributed by atoms with van der Waals surface area (Å²) >= 11 is 0. The van der Waals surface area contributed by atoms with E-state index in [1.54, 1.807) is 7.11 Å². The zero-order valence-electron chi connectivity index (χ0n) is 14.8. The molecule has 0 spiro atoms. The van der Waals surface area contributed by atoms with Gasteiger partial charge in [-0.25, -0.2) is 0 Å². The Hall–Kier alpha value is -3.61. The van der Waals surface area contributed by atoms with Crippen molar-refractivity contribution in [1.82, 2.24) is 20.1 Å². The van der Waals surface area contributed by atoms with Crippen LogP contribution >= 0.6 is 0 Å². The number of nitrogens with one attached hydrogen (secondary N) is 1. The largest absolute Gasteiger partial charge is 0.496 e. The van der Waals surface area contributed by atoms with Gasteiger partial charge in [-0.1, -0.05) is 36.4 Å². The molecule has 1 amide bonds. The molecule has 2 heterocycles. The molecule has 0 aliphatic rings. The molecule has 27 heavy (non-hydrogen) atoms. The van der Waals surface area contributed by atoms with E-state index in [0.717, 1.165) is 27.8 Å². The van der Waals surface area contributed by atoms with Crippen LogP contribution in [0.4, 0.5) is 0 Å². The average Bonchev–Trinajstić information content (AvgIpc) is 3.35. The molecule has 2 aromatic heterocycles. The van der Waals surface area contributed by atoms with E-state index in [9.17, 15) is 4.79 Å². The van der Waals surface area contributed by atoms with Gasteiger partial charge in [0.25, 0.3) is 0 Å². The summed E-state index contributed by atoms with van der Waals surface area (Å²) < 4.78 is 12.5. The molecule has 0 atom stereocenters. The Labute approximate surface area is 155 Å². The van der Waals surface area contributed by atoms with E-state index in [4.69, 9.17) is 9.15 Å². The first-order valence-corrected chi connectivity index (χ1v) is 8.49. The maximum Gasteiger partial charge on any atom is 0.249 e. The molecule has 0 aliphatic carbocycles. The Kier molecular flexibility index (Phi) is 4.57. The van der Waals surface area contributed by atoms with Gasteiger partial charge in [-0.15, -0.1) is 10.2 Å². The van der Waals surface area contributed by atoms with Crippen molar-refractivity contribution in [3.8, 4) is 17.2 Å². The molecule has 7 nitrogen and oxygen atoms in total. The Morgan fingerprint density at radius 2 is 2.00 bits per heavy atom. The lowest BCUT2D eigenvalue weighted by atomic mass is 10.2. The van der Waals surface area contributed by atoms with Crippen molar-refractivity contribution in [1.29, 1.82) is 0 Å². The minimum absolute atomic E-state index is 0.0984. The second-order valence-electron chi connectivity index (χ2n) is 6.02. The summed E-state index contributed by atoms with van der Waals surface area (Å²) in [4.78, 5) is 12.5. The summed E-state index contributed by atoms with van der Waals surface area (Å²) in [6, 6.07) is 15.4. The first-order valence-electron chi connectivity index (χ1n) is 8.49. The Morgan fingerprint density at radius 1 is 1.19 bits per heavy atom. The minimum Gasteiger partial charge on any atom is -0.496 e. The molecule has 1 N–H and O–H groups in total. The third-order valence-electron chi connectivity index (χ3n) is 4.36. The predicted molar refractivity (Wildman–Crippen MR) is 100 cm³/mol. The molecule has 0 saturated heterocycles. The number of carbonyl (C=O) groups is 1. The highest BCUT2D eigenvalue weighted by Crippen LogP contribution is 2.29. The van der Waals surface area contributed by atoms with Gasteiger partial charge in [-0.05, 0) is 12.1 Å². The fourth-order valence-electron chi connectivity index (χ4n) is 3.09. The lowest BCUT2D eigenvalue weighted by Crippen LogP contribution is -2.27. The number of hydrogen-bond donors (Lipinski definition) is 1. The smallest absolute Gasteiger partial charge is 0.249 e. The second kappa shape index (κ2) is 7.33. The molecular formula is C20H18N4O3. The summed E-state index contributed by atoms with van der Waals surface area (Å²) in [5, 5.41) is 11.6. The highest BCUT2D eigenvalue weighted by Gasteiger charge is 2.15. The van der Waals surface area contributed by atoms with Gasteiger partial charge in [0.15, 0.2) is 0 Å². The second-order valence-corrected chi connectivity index (χ2v) is 6.02. The number of fused-ring (bicyclic) bond motifs is 1. The molecular weight excluding hydrogens is 344 g/mol. The van der Waals surface area contributed by atoms with E-state index < -0.39 is 0 Å². The van der Waals surface area contributed by atoms with Crippen molar-refractivity contribution >= 4 is 16.8 Å². The molecule has 0 fully saturated rings. The zero-order chi connectivity index (χ0) is 18.6. The quantitative estimate of drug-likeness (QED) is 0.570. The summed E-state index contributed by atoms with van der Waals surface area (Å²) in [7, 11) is 1.62. The third kappa shape index (κ3) is 3.39. The number of hydrogen-bond acceptors (Lipinski definition) is 5. The number of para-hydroxylation sites is 2. The van der Waals surface area contributed by atoms with Crippen LogP contribution in [0.5, 0.6) is 5.75 Å². The highest BCUT2D eigenvalue weighted by atomic mass is 16.5. The topological polar surface area (TPSA) is 82.2 Å².